The molecule has 194 valence electrons. The average molecular weight is 529 g/mol. The fourth-order valence-corrected chi connectivity index (χ4v) is 9.55. The Morgan fingerprint density at radius 2 is 1.00 bits per heavy atom. The van der Waals surface area contributed by atoms with Gasteiger partial charge in [0.25, 0.3) is 0 Å². The van der Waals surface area contributed by atoms with E-state index in [0.29, 0.717) is 6.42 Å². The first-order valence-corrected chi connectivity index (χ1v) is 15.7. The molecule has 0 radical (unpaired) electrons. The number of para-hydroxylation sites is 1. The highest BCUT2D eigenvalue weighted by Gasteiger charge is 2.45. The molecule has 0 aliphatic heterocycles. The van der Waals surface area contributed by atoms with E-state index in [1.54, 1.807) is 0 Å². The number of anilines is 1. The van der Waals surface area contributed by atoms with Gasteiger partial charge in [-0.1, -0.05) is 103 Å². The smallest absolute Gasteiger partial charge is 0.224 e. The molecule has 3 heteroatoms. The molecule has 5 aromatic carbocycles. The number of aryl methyl sites for hydroxylation is 1. The molecule has 39 heavy (non-hydrogen) atoms. The minimum atomic E-state index is -2.06. The Bertz CT molecular complexity index is 1360. The van der Waals surface area contributed by atoms with Gasteiger partial charge in [-0.15, -0.1) is 0 Å². The van der Waals surface area contributed by atoms with Crippen LogP contribution in [0.3, 0.4) is 0 Å². The van der Waals surface area contributed by atoms with Crippen molar-refractivity contribution in [1.82, 2.24) is 0 Å². The molecule has 0 aliphatic carbocycles. The maximum atomic E-state index is 13.0. The summed E-state index contributed by atoms with van der Waals surface area (Å²) in [6.07, 6.45) is 4.23. The van der Waals surface area contributed by atoms with Crippen LogP contribution in [0.2, 0.25) is 0 Å². The van der Waals surface area contributed by atoms with Crippen molar-refractivity contribution in [2.75, 3.05) is 5.32 Å². The van der Waals surface area contributed by atoms with Crippen LogP contribution >= 0.6 is 7.26 Å². The molecule has 0 bridgehead atoms. The molecule has 0 fully saturated rings. The Labute approximate surface area is 233 Å². The van der Waals surface area contributed by atoms with Crippen molar-refractivity contribution in [3.8, 4) is 0 Å². The van der Waals surface area contributed by atoms with Crippen LogP contribution in [-0.4, -0.2) is 5.91 Å². The van der Waals surface area contributed by atoms with Crippen molar-refractivity contribution in [2.45, 2.75) is 31.8 Å². The van der Waals surface area contributed by atoms with E-state index in [0.717, 1.165) is 31.1 Å². The summed E-state index contributed by atoms with van der Waals surface area (Å²) in [4.78, 5) is 13.0. The summed E-state index contributed by atoms with van der Waals surface area (Å²) in [5.41, 5.74) is 3.41. The number of hydrogen-bond donors (Lipinski definition) is 1. The van der Waals surface area contributed by atoms with Crippen LogP contribution in [0, 0.1) is 0 Å². The van der Waals surface area contributed by atoms with Crippen LogP contribution in [0.5, 0.6) is 0 Å². The Morgan fingerprint density at radius 3 is 1.54 bits per heavy atom. The lowest BCUT2D eigenvalue weighted by Gasteiger charge is -2.28. The van der Waals surface area contributed by atoms with Crippen molar-refractivity contribution in [3.05, 3.63) is 157 Å². The van der Waals surface area contributed by atoms with Crippen LogP contribution in [-0.2, 0) is 17.4 Å². The SMILES string of the molecule is O=C(CCCCc1ccccc1)Nc1ccccc1C[P+](c1ccccc1)(c1ccccc1)c1ccccc1. The van der Waals surface area contributed by atoms with Gasteiger partial charge in [-0.3, -0.25) is 4.79 Å². The van der Waals surface area contributed by atoms with Crippen molar-refractivity contribution in [1.29, 1.82) is 0 Å². The molecule has 5 aromatic rings. The maximum Gasteiger partial charge on any atom is 0.224 e. The molecule has 5 rings (SSSR count). The van der Waals surface area contributed by atoms with Crippen LogP contribution in [0.25, 0.3) is 0 Å². The summed E-state index contributed by atoms with van der Waals surface area (Å²) in [7, 11) is -2.06. The molecule has 0 heterocycles. The molecule has 2 nitrogen and oxygen atoms in total. The lowest BCUT2D eigenvalue weighted by Crippen LogP contribution is -2.32. The number of benzene rings is 5. The zero-order valence-corrected chi connectivity index (χ0v) is 23.1. The summed E-state index contributed by atoms with van der Waals surface area (Å²) in [6, 6.07) is 51.5. The van der Waals surface area contributed by atoms with E-state index in [9.17, 15) is 4.79 Å². The Balaban J connectivity index is 1.42. The number of rotatable bonds is 11. The highest BCUT2D eigenvalue weighted by atomic mass is 31.2. The fraction of sp³-hybridized carbons (Fsp3) is 0.139. The molecule has 1 amide bonds. The lowest BCUT2D eigenvalue weighted by atomic mass is 10.1. The Hall–Kier alpha value is -4.00. The van der Waals surface area contributed by atoms with Crippen LogP contribution in [0.15, 0.2) is 146 Å². The molecular formula is C36H35NOP+. The summed E-state index contributed by atoms with van der Waals surface area (Å²) in [5, 5.41) is 7.28. The van der Waals surface area contributed by atoms with E-state index in [1.807, 2.05) is 18.2 Å². The highest BCUT2D eigenvalue weighted by Crippen LogP contribution is 2.58. The normalized spacial score (nSPS) is 11.2. The van der Waals surface area contributed by atoms with Gasteiger partial charge < -0.3 is 5.32 Å². The van der Waals surface area contributed by atoms with Crippen molar-refractivity contribution in [3.63, 3.8) is 0 Å². The lowest BCUT2D eigenvalue weighted by molar-refractivity contribution is -0.116. The highest BCUT2D eigenvalue weighted by molar-refractivity contribution is 7.95. The molecule has 0 saturated carbocycles. The number of nitrogens with one attached hydrogen (secondary N) is 1. The van der Waals surface area contributed by atoms with Gasteiger partial charge in [-0.2, -0.15) is 0 Å². The third-order valence-corrected chi connectivity index (χ3v) is 11.6. The van der Waals surface area contributed by atoms with Crippen molar-refractivity contribution >= 4 is 34.8 Å². The Kier molecular flexibility index (Phi) is 8.99. The fourth-order valence-electron chi connectivity index (χ4n) is 5.28. The first-order valence-electron chi connectivity index (χ1n) is 13.7. The topological polar surface area (TPSA) is 29.1 Å². The van der Waals surface area contributed by atoms with Crippen molar-refractivity contribution in [2.24, 2.45) is 0 Å². The van der Waals surface area contributed by atoms with Gasteiger partial charge in [-0.05, 0) is 67.3 Å². The van der Waals surface area contributed by atoms with Gasteiger partial charge >= 0.3 is 0 Å². The molecule has 0 atom stereocenters. The quantitative estimate of drug-likeness (QED) is 0.139. The minimum absolute atomic E-state index is 0.0820. The molecule has 0 spiro atoms. The number of carbonyl (C=O) groups is 1. The number of hydrogen-bond acceptors (Lipinski definition) is 1. The van der Waals surface area contributed by atoms with Gasteiger partial charge in [-0.25, -0.2) is 0 Å². The first-order chi connectivity index (χ1) is 19.3. The molecule has 0 unspecified atom stereocenters. The first kappa shape index (κ1) is 26.6. The summed E-state index contributed by atoms with van der Waals surface area (Å²) >= 11 is 0. The second-order valence-electron chi connectivity index (χ2n) is 9.87. The standard InChI is InChI=1S/C36H34NOP/c38-36(28-16-13-19-30-17-5-1-6-18-30)37-35-27-15-14-20-31(35)29-39(32-21-7-2-8-22-32,33-23-9-3-10-24-33)34-25-11-4-12-26-34/h1-12,14-15,17-18,20-27H,13,16,19,28-29H2/p+1. The molecule has 0 aliphatic rings. The van der Waals surface area contributed by atoms with Gasteiger partial charge in [0.15, 0.2) is 0 Å². The molecule has 0 saturated heterocycles. The molecule has 1 N–H and O–H groups in total. The zero-order chi connectivity index (χ0) is 26.8. The van der Waals surface area contributed by atoms with Crippen molar-refractivity contribution < 1.29 is 4.79 Å². The maximum absolute atomic E-state index is 13.0. The van der Waals surface area contributed by atoms with E-state index >= 15 is 0 Å². The molecular weight excluding hydrogens is 493 g/mol. The summed E-state index contributed by atoms with van der Waals surface area (Å²) in [5.74, 6) is 0.0820. The second kappa shape index (κ2) is 13.2. The third kappa shape index (κ3) is 6.53. The monoisotopic (exact) mass is 528 g/mol. The van der Waals surface area contributed by atoms with Gasteiger partial charge in [0.05, 0.1) is 0 Å². The largest absolute Gasteiger partial charge is 0.326 e. The Morgan fingerprint density at radius 1 is 0.538 bits per heavy atom. The van der Waals surface area contributed by atoms with Crippen LogP contribution in [0.1, 0.15) is 30.4 Å². The third-order valence-electron chi connectivity index (χ3n) is 7.25. The summed E-state index contributed by atoms with van der Waals surface area (Å²) in [6.45, 7) is 0. The van der Waals surface area contributed by atoms with Gasteiger partial charge in [0.1, 0.15) is 29.3 Å². The van der Waals surface area contributed by atoms with E-state index in [4.69, 9.17) is 0 Å². The number of amides is 1. The van der Waals surface area contributed by atoms with E-state index in [2.05, 4.69) is 133 Å². The van der Waals surface area contributed by atoms with E-state index in [-0.39, 0.29) is 5.91 Å². The predicted molar refractivity (Wildman–Crippen MR) is 168 cm³/mol. The zero-order valence-electron chi connectivity index (χ0n) is 22.2. The van der Waals surface area contributed by atoms with E-state index in [1.165, 1.54) is 27.0 Å². The summed E-state index contributed by atoms with van der Waals surface area (Å²) < 4.78 is 0. The predicted octanol–water partition coefficient (Wildman–Crippen LogP) is 7.53. The van der Waals surface area contributed by atoms with Gasteiger partial charge in [0.2, 0.25) is 5.91 Å². The van der Waals surface area contributed by atoms with Crippen LogP contribution < -0.4 is 21.2 Å². The number of carbonyl (C=O) groups excluding carboxylic acids is 1. The minimum Gasteiger partial charge on any atom is -0.326 e. The van der Waals surface area contributed by atoms with Gasteiger partial charge in [0, 0.05) is 17.7 Å². The number of unbranched alkanes of at least 4 members (excludes halogenated alkanes) is 1. The van der Waals surface area contributed by atoms with E-state index < -0.39 is 7.26 Å². The average Bonchev–Trinajstić information content (AvgIpc) is 3.01. The molecule has 0 aromatic heterocycles. The van der Waals surface area contributed by atoms with Crippen LogP contribution in [0.4, 0.5) is 5.69 Å². The second-order valence-corrected chi connectivity index (χ2v) is 13.4.